The van der Waals surface area contributed by atoms with Gasteiger partial charge in [-0.3, -0.25) is 10.1 Å². The van der Waals surface area contributed by atoms with Gasteiger partial charge in [0.25, 0.3) is 5.69 Å². The van der Waals surface area contributed by atoms with Crippen molar-refractivity contribution in [1.82, 2.24) is 4.90 Å². The lowest BCUT2D eigenvalue weighted by atomic mass is 10.1. The third-order valence-electron chi connectivity index (χ3n) is 4.06. The van der Waals surface area contributed by atoms with Crippen molar-refractivity contribution in [2.24, 2.45) is 0 Å². The Morgan fingerprint density at radius 3 is 2.20 bits per heavy atom. The number of hydrogen-bond donors (Lipinski definition) is 0. The van der Waals surface area contributed by atoms with Crippen molar-refractivity contribution in [3.8, 4) is 5.75 Å². The van der Waals surface area contributed by atoms with Crippen LogP contribution in [0.4, 0.5) is 5.69 Å². The normalized spacial score (nSPS) is 10.4. The van der Waals surface area contributed by atoms with Gasteiger partial charge in [-0.1, -0.05) is 30.3 Å². The van der Waals surface area contributed by atoms with Gasteiger partial charge >= 0.3 is 0 Å². The standard InChI is InChI=1S/C19H24N2O3.ClH/c1-15-5-4-6-16(2)19(15)24-14-13-20(3)12-11-17-7-9-18(10-8-17)21(22)23;/h4-10H,11-14H2,1-3H3;1H. The third kappa shape index (κ3) is 6.36. The summed E-state index contributed by atoms with van der Waals surface area (Å²) in [5.74, 6) is 0.973. The largest absolute Gasteiger partial charge is 0.492 e. The zero-order valence-electron chi connectivity index (χ0n) is 14.9. The molecule has 0 N–H and O–H groups in total. The van der Waals surface area contributed by atoms with Crippen molar-refractivity contribution in [3.05, 3.63) is 69.3 Å². The van der Waals surface area contributed by atoms with Crippen LogP contribution in [0.5, 0.6) is 5.75 Å². The predicted molar refractivity (Wildman–Crippen MR) is 103 cm³/mol. The highest BCUT2D eigenvalue weighted by molar-refractivity contribution is 5.85. The summed E-state index contributed by atoms with van der Waals surface area (Å²) in [4.78, 5) is 12.5. The molecule has 0 heterocycles. The number of ether oxygens (including phenoxy) is 1. The maximum absolute atomic E-state index is 10.6. The zero-order chi connectivity index (χ0) is 17.5. The molecule has 0 aromatic heterocycles. The van der Waals surface area contributed by atoms with Gasteiger partial charge in [0.1, 0.15) is 12.4 Å². The Bertz CT molecular complexity index is 669. The van der Waals surface area contributed by atoms with Crippen LogP contribution in [0.2, 0.25) is 0 Å². The van der Waals surface area contributed by atoms with Crippen molar-refractivity contribution >= 4 is 18.1 Å². The minimum atomic E-state index is -0.374. The molecule has 2 aromatic carbocycles. The molecule has 0 aliphatic heterocycles. The van der Waals surface area contributed by atoms with Crippen LogP contribution in [0.3, 0.4) is 0 Å². The van der Waals surface area contributed by atoms with Crippen LogP contribution in [-0.2, 0) is 6.42 Å². The number of para-hydroxylation sites is 1. The average molecular weight is 365 g/mol. The van der Waals surface area contributed by atoms with E-state index in [4.69, 9.17) is 4.74 Å². The highest BCUT2D eigenvalue weighted by Crippen LogP contribution is 2.22. The molecule has 0 saturated heterocycles. The second-order valence-electron chi connectivity index (χ2n) is 6.05. The SMILES string of the molecule is Cc1cccc(C)c1OCCN(C)CCc1ccc([N+](=O)[O-])cc1.Cl. The van der Waals surface area contributed by atoms with Crippen LogP contribution in [0.15, 0.2) is 42.5 Å². The van der Waals surface area contributed by atoms with E-state index in [1.807, 2.05) is 18.2 Å². The lowest BCUT2D eigenvalue weighted by molar-refractivity contribution is -0.384. The summed E-state index contributed by atoms with van der Waals surface area (Å²) in [7, 11) is 2.06. The number of nitro benzene ring substituents is 1. The second-order valence-corrected chi connectivity index (χ2v) is 6.05. The molecule has 0 saturated carbocycles. The number of nitro groups is 1. The number of likely N-dealkylation sites (N-methyl/N-ethyl adjacent to an activating group) is 1. The van der Waals surface area contributed by atoms with Gasteiger partial charge in [0.05, 0.1) is 4.92 Å². The molecule has 0 atom stereocenters. The van der Waals surface area contributed by atoms with Gasteiger partial charge < -0.3 is 9.64 Å². The fraction of sp³-hybridized carbons (Fsp3) is 0.368. The van der Waals surface area contributed by atoms with Crippen LogP contribution in [-0.4, -0.2) is 36.6 Å². The summed E-state index contributed by atoms with van der Waals surface area (Å²) in [5, 5.41) is 10.6. The molecule has 2 rings (SSSR count). The van der Waals surface area contributed by atoms with E-state index in [2.05, 4.69) is 37.9 Å². The zero-order valence-corrected chi connectivity index (χ0v) is 15.7. The molecule has 0 bridgehead atoms. The first kappa shape index (κ1) is 20.9. The number of hydrogen-bond acceptors (Lipinski definition) is 4. The van der Waals surface area contributed by atoms with Gasteiger partial charge in [0.2, 0.25) is 0 Å². The highest BCUT2D eigenvalue weighted by Gasteiger charge is 2.06. The second kappa shape index (κ2) is 10.0. The molecule has 0 radical (unpaired) electrons. The van der Waals surface area contributed by atoms with Crippen molar-refractivity contribution in [2.45, 2.75) is 20.3 Å². The third-order valence-corrected chi connectivity index (χ3v) is 4.06. The molecular weight excluding hydrogens is 340 g/mol. The van der Waals surface area contributed by atoms with E-state index >= 15 is 0 Å². The predicted octanol–water partition coefficient (Wildman–Crippen LogP) is 4.19. The Hall–Kier alpha value is -2.11. The molecule has 6 heteroatoms. The number of halogens is 1. The van der Waals surface area contributed by atoms with E-state index in [9.17, 15) is 10.1 Å². The Kier molecular flexibility index (Phi) is 8.38. The minimum Gasteiger partial charge on any atom is -0.492 e. The maximum atomic E-state index is 10.6. The van der Waals surface area contributed by atoms with E-state index in [1.165, 1.54) is 0 Å². The van der Waals surface area contributed by atoms with Gasteiger partial charge in [-0.05, 0) is 44.0 Å². The van der Waals surface area contributed by atoms with Gasteiger partial charge in [-0.25, -0.2) is 0 Å². The van der Waals surface area contributed by atoms with E-state index in [1.54, 1.807) is 12.1 Å². The quantitative estimate of drug-likeness (QED) is 0.520. The van der Waals surface area contributed by atoms with Gasteiger partial charge in [-0.2, -0.15) is 0 Å². The summed E-state index contributed by atoms with van der Waals surface area (Å²) in [5.41, 5.74) is 3.55. The fourth-order valence-electron chi connectivity index (χ4n) is 2.55. The Labute approximate surface area is 155 Å². The molecule has 0 aliphatic rings. The molecule has 25 heavy (non-hydrogen) atoms. The van der Waals surface area contributed by atoms with E-state index < -0.39 is 0 Å². The first-order valence-electron chi connectivity index (χ1n) is 8.08. The molecule has 136 valence electrons. The average Bonchev–Trinajstić information content (AvgIpc) is 2.56. The van der Waals surface area contributed by atoms with Crippen LogP contribution in [0.1, 0.15) is 16.7 Å². The number of non-ortho nitro benzene ring substituents is 1. The Morgan fingerprint density at radius 1 is 1.04 bits per heavy atom. The highest BCUT2D eigenvalue weighted by atomic mass is 35.5. The fourth-order valence-corrected chi connectivity index (χ4v) is 2.55. The molecule has 0 spiro atoms. The number of nitrogens with zero attached hydrogens (tertiary/aromatic N) is 2. The van der Waals surface area contributed by atoms with Crippen molar-refractivity contribution < 1.29 is 9.66 Å². The summed E-state index contributed by atoms with van der Waals surface area (Å²) in [6.45, 7) is 6.47. The minimum absolute atomic E-state index is 0. The molecule has 0 aliphatic carbocycles. The summed E-state index contributed by atoms with van der Waals surface area (Å²) in [6, 6.07) is 12.9. The van der Waals surface area contributed by atoms with Crippen LogP contribution >= 0.6 is 12.4 Å². The molecule has 0 unspecified atom stereocenters. The summed E-state index contributed by atoms with van der Waals surface area (Å²) in [6.07, 6.45) is 0.859. The van der Waals surface area contributed by atoms with Crippen molar-refractivity contribution in [2.75, 3.05) is 26.7 Å². The van der Waals surface area contributed by atoms with Crippen LogP contribution in [0, 0.1) is 24.0 Å². The van der Waals surface area contributed by atoms with Crippen LogP contribution in [0.25, 0.3) is 0 Å². The van der Waals surface area contributed by atoms with Crippen LogP contribution < -0.4 is 4.74 Å². The first-order valence-corrected chi connectivity index (χ1v) is 8.08. The lowest BCUT2D eigenvalue weighted by Crippen LogP contribution is -2.26. The van der Waals surface area contributed by atoms with E-state index in [0.717, 1.165) is 42.0 Å². The van der Waals surface area contributed by atoms with Crippen molar-refractivity contribution in [3.63, 3.8) is 0 Å². The number of rotatable bonds is 8. The lowest BCUT2D eigenvalue weighted by Gasteiger charge is -2.18. The monoisotopic (exact) mass is 364 g/mol. The van der Waals surface area contributed by atoms with Gasteiger partial charge in [-0.15, -0.1) is 12.4 Å². The van der Waals surface area contributed by atoms with Crippen molar-refractivity contribution in [1.29, 1.82) is 0 Å². The topological polar surface area (TPSA) is 55.6 Å². The van der Waals surface area contributed by atoms with E-state index in [-0.39, 0.29) is 23.0 Å². The summed E-state index contributed by atoms with van der Waals surface area (Å²) >= 11 is 0. The molecule has 5 nitrogen and oxygen atoms in total. The number of benzene rings is 2. The molecular formula is C19H25ClN2O3. The maximum Gasteiger partial charge on any atom is 0.269 e. The Balaban J connectivity index is 0.00000312. The molecule has 0 fully saturated rings. The smallest absolute Gasteiger partial charge is 0.269 e. The molecule has 0 amide bonds. The summed E-state index contributed by atoms with van der Waals surface area (Å²) < 4.78 is 5.92. The Morgan fingerprint density at radius 2 is 1.64 bits per heavy atom. The number of aryl methyl sites for hydroxylation is 2. The van der Waals surface area contributed by atoms with Gasteiger partial charge in [0.15, 0.2) is 0 Å². The van der Waals surface area contributed by atoms with Gasteiger partial charge in [0, 0.05) is 25.2 Å². The first-order chi connectivity index (χ1) is 11.5. The van der Waals surface area contributed by atoms with E-state index in [0.29, 0.717) is 6.61 Å². The molecule has 2 aromatic rings.